The maximum Gasteiger partial charge on any atom is 0.315 e. The van der Waals surface area contributed by atoms with Crippen LogP contribution in [0.2, 0.25) is 0 Å². The molecule has 1 aliphatic rings. The van der Waals surface area contributed by atoms with E-state index >= 15 is 0 Å². The van der Waals surface area contributed by atoms with Crippen LogP contribution < -0.4 is 10.2 Å². The molecule has 0 aliphatic carbocycles. The third kappa shape index (κ3) is 3.46. The van der Waals surface area contributed by atoms with E-state index in [2.05, 4.69) is 31.0 Å². The molecule has 0 radical (unpaired) electrons. The maximum atomic E-state index is 11.6. The number of rotatable bonds is 5. The van der Waals surface area contributed by atoms with E-state index in [1.807, 2.05) is 12.1 Å². The van der Waals surface area contributed by atoms with Gasteiger partial charge in [0, 0.05) is 19.1 Å². The zero-order valence-electron chi connectivity index (χ0n) is 13.1. The molecule has 0 bridgehead atoms. The van der Waals surface area contributed by atoms with E-state index in [0.717, 1.165) is 31.6 Å². The van der Waals surface area contributed by atoms with Gasteiger partial charge in [0.25, 0.3) is 0 Å². The fourth-order valence-corrected chi connectivity index (χ4v) is 2.98. The molecular formula is C16H25N3O2. The Morgan fingerprint density at radius 1 is 1.38 bits per heavy atom. The normalized spacial score (nSPS) is 22.1. The van der Waals surface area contributed by atoms with E-state index in [4.69, 9.17) is 0 Å². The molecule has 0 amide bonds. The number of hydrogen-bond acceptors (Lipinski definition) is 4. The first-order chi connectivity index (χ1) is 10.0. The first-order valence-corrected chi connectivity index (χ1v) is 7.82. The number of piperidine rings is 1. The predicted octanol–water partition coefficient (Wildman–Crippen LogP) is 4.04. The first-order valence-electron chi connectivity index (χ1n) is 7.82. The van der Waals surface area contributed by atoms with Crippen molar-refractivity contribution >= 4 is 17.1 Å². The third-order valence-electron chi connectivity index (χ3n) is 4.19. The Labute approximate surface area is 126 Å². The van der Waals surface area contributed by atoms with Crippen LogP contribution in [0.3, 0.4) is 0 Å². The Kier molecular flexibility index (Phi) is 5.04. The van der Waals surface area contributed by atoms with Gasteiger partial charge >= 0.3 is 5.69 Å². The number of anilines is 2. The molecule has 1 saturated heterocycles. The van der Waals surface area contributed by atoms with Crippen molar-refractivity contribution in [3.63, 3.8) is 0 Å². The third-order valence-corrected chi connectivity index (χ3v) is 4.19. The summed E-state index contributed by atoms with van der Waals surface area (Å²) in [5.74, 6) is 0.577. The monoisotopic (exact) mass is 291 g/mol. The van der Waals surface area contributed by atoms with Gasteiger partial charge in [-0.1, -0.05) is 19.9 Å². The van der Waals surface area contributed by atoms with Gasteiger partial charge < -0.3 is 10.2 Å². The molecule has 2 atom stereocenters. The van der Waals surface area contributed by atoms with E-state index in [9.17, 15) is 10.1 Å². The standard InChI is InChI=1S/C16H25N3O2/c1-4-10-17-14-6-5-7-15(16(14)19(20)21)18-11-12(2)8-9-13(18)3/h5-7,12-13,17H,4,8-11H2,1-3H3. The second-order valence-electron chi connectivity index (χ2n) is 6.04. The molecule has 5 heteroatoms. The summed E-state index contributed by atoms with van der Waals surface area (Å²) in [6, 6.07) is 5.94. The highest BCUT2D eigenvalue weighted by molar-refractivity contribution is 5.77. The van der Waals surface area contributed by atoms with E-state index < -0.39 is 0 Å². The van der Waals surface area contributed by atoms with Crippen molar-refractivity contribution in [1.29, 1.82) is 0 Å². The van der Waals surface area contributed by atoms with Crippen molar-refractivity contribution in [2.45, 2.75) is 46.1 Å². The van der Waals surface area contributed by atoms with E-state index in [0.29, 0.717) is 17.6 Å². The minimum Gasteiger partial charge on any atom is -0.379 e. The van der Waals surface area contributed by atoms with Crippen LogP contribution in [0.25, 0.3) is 0 Å². The van der Waals surface area contributed by atoms with Gasteiger partial charge in [0.1, 0.15) is 11.4 Å². The molecule has 5 nitrogen and oxygen atoms in total. The molecule has 1 fully saturated rings. The van der Waals surface area contributed by atoms with Crippen LogP contribution in [-0.2, 0) is 0 Å². The summed E-state index contributed by atoms with van der Waals surface area (Å²) in [6.45, 7) is 8.05. The summed E-state index contributed by atoms with van der Waals surface area (Å²) in [6.07, 6.45) is 3.22. The van der Waals surface area contributed by atoms with Gasteiger partial charge in [0.2, 0.25) is 0 Å². The summed E-state index contributed by atoms with van der Waals surface area (Å²) < 4.78 is 0. The Balaban J connectivity index is 2.39. The minimum absolute atomic E-state index is 0.215. The summed E-state index contributed by atoms with van der Waals surface area (Å²) in [4.78, 5) is 13.5. The molecule has 1 heterocycles. The van der Waals surface area contributed by atoms with Crippen LogP contribution in [-0.4, -0.2) is 24.1 Å². The van der Waals surface area contributed by atoms with Gasteiger partial charge in [-0.3, -0.25) is 10.1 Å². The Bertz CT molecular complexity index is 504. The summed E-state index contributed by atoms with van der Waals surface area (Å²) in [5, 5.41) is 14.8. The van der Waals surface area contributed by atoms with Gasteiger partial charge in [-0.25, -0.2) is 0 Å². The maximum absolute atomic E-state index is 11.6. The Morgan fingerprint density at radius 2 is 2.14 bits per heavy atom. The van der Waals surface area contributed by atoms with E-state index in [1.54, 1.807) is 6.07 Å². The lowest BCUT2D eigenvalue weighted by Gasteiger charge is -2.38. The lowest BCUT2D eigenvalue weighted by molar-refractivity contribution is -0.383. The Hall–Kier alpha value is -1.78. The molecule has 0 aromatic heterocycles. The van der Waals surface area contributed by atoms with Crippen molar-refractivity contribution in [2.24, 2.45) is 5.92 Å². The second kappa shape index (κ2) is 6.78. The lowest BCUT2D eigenvalue weighted by atomic mass is 9.94. The van der Waals surface area contributed by atoms with Gasteiger partial charge in [-0.15, -0.1) is 0 Å². The van der Waals surface area contributed by atoms with Crippen LogP contribution in [0, 0.1) is 16.0 Å². The van der Waals surface area contributed by atoms with Crippen LogP contribution in [0.4, 0.5) is 17.1 Å². The van der Waals surface area contributed by atoms with E-state index in [1.165, 1.54) is 6.42 Å². The SMILES string of the molecule is CCCNc1cccc(N2CC(C)CCC2C)c1[N+](=O)[O-]. The number of hydrogen-bond donors (Lipinski definition) is 1. The van der Waals surface area contributed by atoms with Crippen LogP contribution in [0.5, 0.6) is 0 Å². The lowest BCUT2D eigenvalue weighted by Crippen LogP contribution is -2.41. The molecule has 0 spiro atoms. The predicted molar refractivity (Wildman–Crippen MR) is 87.1 cm³/mol. The van der Waals surface area contributed by atoms with Crippen molar-refractivity contribution in [1.82, 2.24) is 0 Å². The van der Waals surface area contributed by atoms with Crippen molar-refractivity contribution < 1.29 is 4.92 Å². The second-order valence-corrected chi connectivity index (χ2v) is 6.04. The summed E-state index contributed by atoms with van der Waals surface area (Å²) in [7, 11) is 0. The van der Waals surface area contributed by atoms with Crippen molar-refractivity contribution in [3.8, 4) is 0 Å². The van der Waals surface area contributed by atoms with Gasteiger partial charge in [-0.2, -0.15) is 0 Å². The fourth-order valence-electron chi connectivity index (χ4n) is 2.98. The number of nitrogens with one attached hydrogen (secondary N) is 1. The molecule has 2 unspecified atom stereocenters. The number of nitrogens with zero attached hydrogens (tertiary/aromatic N) is 2. The zero-order valence-corrected chi connectivity index (χ0v) is 13.1. The smallest absolute Gasteiger partial charge is 0.315 e. The average Bonchev–Trinajstić information content (AvgIpc) is 2.47. The molecule has 21 heavy (non-hydrogen) atoms. The molecule has 1 aromatic rings. The number of benzene rings is 1. The molecule has 1 aliphatic heterocycles. The average molecular weight is 291 g/mol. The quantitative estimate of drug-likeness (QED) is 0.657. The molecule has 0 saturated carbocycles. The highest BCUT2D eigenvalue weighted by Crippen LogP contribution is 2.38. The van der Waals surface area contributed by atoms with Crippen LogP contribution >= 0.6 is 0 Å². The van der Waals surface area contributed by atoms with Crippen LogP contribution in [0.15, 0.2) is 18.2 Å². The fraction of sp³-hybridized carbons (Fsp3) is 0.625. The minimum atomic E-state index is -0.251. The van der Waals surface area contributed by atoms with Gasteiger partial charge in [-0.05, 0) is 44.2 Å². The topological polar surface area (TPSA) is 58.4 Å². The largest absolute Gasteiger partial charge is 0.379 e. The number of nitro benzene ring substituents is 1. The first kappa shape index (κ1) is 15.6. The van der Waals surface area contributed by atoms with Crippen molar-refractivity contribution in [3.05, 3.63) is 28.3 Å². The molecule has 1 N–H and O–H groups in total. The summed E-state index contributed by atoms with van der Waals surface area (Å²) in [5.41, 5.74) is 1.59. The van der Waals surface area contributed by atoms with Crippen LogP contribution in [0.1, 0.15) is 40.0 Å². The molecule has 2 rings (SSSR count). The number of para-hydroxylation sites is 1. The highest BCUT2D eigenvalue weighted by atomic mass is 16.6. The number of nitro groups is 1. The van der Waals surface area contributed by atoms with Gasteiger partial charge in [0.15, 0.2) is 0 Å². The zero-order chi connectivity index (χ0) is 15.4. The molecular weight excluding hydrogens is 266 g/mol. The molecule has 1 aromatic carbocycles. The Morgan fingerprint density at radius 3 is 2.81 bits per heavy atom. The molecule has 116 valence electrons. The highest BCUT2D eigenvalue weighted by Gasteiger charge is 2.30. The summed E-state index contributed by atoms with van der Waals surface area (Å²) >= 11 is 0. The van der Waals surface area contributed by atoms with Gasteiger partial charge in [0.05, 0.1) is 4.92 Å². The van der Waals surface area contributed by atoms with E-state index in [-0.39, 0.29) is 10.6 Å². The van der Waals surface area contributed by atoms with Crippen molar-refractivity contribution in [2.75, 3.05) is 23.3 Å².